The topological polar surface area (TPSA) is 97.7 Å². The maximum Gasteiger partial charge on any atom is 0.398 e. The molecule has 0 spiro atoms. The zero-order valence-corrected chi connectivity index (χ0v) is 18.2. The Morgan fingerprint density at radius 1 is 1.24 bits per heavy atom. The minimum Gasteiger partial charge on any atom is -0.299 e. The lowest BCUT2D eigenvalue weighted by Gasteiger charge is -2.52. The Bertz CT molecular complexity index is 929. The van der Waals surface area contributed by atoms with Gasteiger partial charge in [-0.25, -0.2) is 4.18 Å². The van der Waals surface area contributed by atoms with Gasteiger partial charge in [-0.15, -0.1) is 0 Å². The number of carbonyl (C=O) groups is 2. The summed E-state index contributed by atoms with van der Waals surface area (Å²) >= 11 is 0. The van der Waals surface area contributed by atoms with E-state index in [4.69, 9.17) is 4.55 Å². The molecule has 160 valence electrons. The summed E-state index contributed by atoms with van der Waals surface area (Å²) in [7, 11) is -4.67. The van der Waals surface area contributed by atoms with E-state index in [9.17, 15) is 18.0 Å². The molecule has 3 fully saturated rings. The van der Waals surface area contributed by atoms with Crippen LogP contribution >= 0.6 is 0 Å². The van der Waals surface area contributed by atoms with Gasteiger partial charge in [0.15, 0.2) is 5.78 Å². The third-order valence-corrected chi connectivity index (χ3v) is 9.03. The van der Waals surface area contributed by atoms with E-state index in [2.05, 4.69) is 17.2 Å². The van der Waals surface area contributed by atoms with Crippen molar-refractivity contribution in [2.75, 3.05) is 0 Å². The average molecular weight is 423 g/mol. The first-order valence-corrected chi connectivity index (χ1v) is 12.0. The van der Waals surface area contributed by atoms with Gasteiger partial charge in [0.25, 0.3) is 0 Å². The summed E-state index contributed by atoms with van der Waals surface area (Å²) in [6.07, 6.45) is 7.41. The summed E-state index contributed by atoms with van der Waals surface area (Å²) in [4.78, 5) is 25.1. The van der Waals surface area contributed by atoms with E-state index in [1.165, 1.54) is 23.6 Å². The van der Waals surface area contributed by atoms with Crippen LogP contribution in [0.3, 0.4) is 0 Å². The van der Waals surface area contributed by atoms with E-state index in [1.54, 1.807) is 0 Å². The van der Waals surface area contributed by atoms with E-state index >= 15 is 0 Å². The summed E-state index contributed by atoms with van der Waals surface area (Å²) in [6.45, 7) is 5.53. The third-order valence-electron chi connectivity index (χ3n) is 8.50. The van der Waals surface area contributed by atoms with Crippen LogP contribution in [0.1, 0.15) is 72.1 Å². The Kier molecular flexibility index (Phi) is 4.95. The van der Waals surface area contributed by atoms with Crippen molar-refractivity contribution in [2.24, 2.45) is 22.7 Å². The van der Waals surface area contributed by atoms with Crippen LogP contribution in [0.4, 0.5) is 0 Å². The molecule has 4 aliphatic carbocycles. The van der Waals surface area contributed by atoms with Crippen molar-refractivity contribution in [1.29, 1.82) is 0 Å². The molecule has 5 atom stereocenters. The van der Waals surface area contributed by atoms with Crippen LogP contribution in [0.15, 0.2) is 22.8 Å². The molecule has 0 aromatic rings. The first kappa shape index (κ1) is 20.9. The summed E-state index contributed by atoms with van der Waals surface area (Å²) in [6, 6.07) is 0. The van der Waals surface area contributed by atoms with E-state index in [0.717, 1.165) is 32.1 Å². The Balaban J connectivity index is 1.62. The normalized spacial score (nSPS) is 38.1. The molecule has 6 nitrogen and oxygen atoms in total. The highest BCUT2D eigenvalue weighted by Crippen LogP contribution is 2.66. The van der Waals surface area contributed by atoms with Crippen molar-refractivity contribution >= 4 is 22.0 Å². The second kappa shape index (κ2) is 6.86. The van der Waals surface area contributed by atoms with Gasteiger partial charge in [-0.3, -0.25) is 14.1 Å². The highest BCUT2D eigenvalue weighted by Gasteiger charge is 2.62. The van der Waals surface area contributed by atoms with Crippen molar-refractivity contribution in [3.05, 3.63) is 22.8 Å². The first-order chi connectivity index (χ1) is 13.5. The number of rotatable bonds is 4. The third kappa shape index (κ3) is 3.26. The molecule has 7 heteroatoms. The SMILES string of the molecule is C[C@H](OS(=O)(=O)O)C(=O)[C@@]1(C)CCC2C3CC=C4CC(=O)CCC4=C3CC[C@@]21C. The summed E-state index contributed by atoms with van der Waals surface area (Å²) in [5.74, 6) is 0.826. The summed E-state index contributed by atoms with van der Waals surface area (Å²) in [5, 5.41) is 0. The number of hydrogen-bond acceptors (Lipinski definition) is 5. The Morgan fingerprint density at radius 3 is 2.66 bits per heavy atom. The molecule has 0 amide bonds. The number of carbonyl (C=O) groups excluding carboxylic acids is 2. The quantitative estimate of drug-likeness (QED) is 0.688. The van der Waals surface area contributed by atoms with E-state index < -0.39 is 21.9 Å². The molecule has 29 heavy (non-hydrogen) atoms. The Morgan fingerprint density at radius 2 is 1.97 bits per heavy atom. The lowest BCUT2D eigenvalue weighted by atomic mass is 9.52. The largest absolute Gasteiger partial charge is 0.398 e. The second-order valence-corrected chi connectivity index (χ2v) is 10.8. The highest BCUT2D eigenvalue weighted by atomic mass is 32.3. The van der Waals surface area contributed by atoms with Gasteiger partial charge < -0.3 is 0 Å². The molecule has 0 aromatic heterocycles. The van der Waals surface area contributed by atoms with Gasteiger partial charge >= 0.3 is 10.4 Å². The maximum absolute atomic E-state index is 13.3. The predicted octanol–water partition coefficient (Wildman–Crippen LogP) is 3.98. The van der Waals surface area contributed by atoms with E-state index in [-0.39, 0.29) is 11.2 Å². The zero-order valence-electron chi connectivity index (χ0n) is 17.4. The average Bonchev–Trinajstić information content (AvgIpc) is 2.91. The Labute approximate surface area is 172 Å². The summed E-state index contributed by atoms with van der Waals surface area (Å²) in [5.41, 5.74) is 3.18. The first-order valence-electron chi connectivity index (χ1n) is 10.6. The molecule has 0 aromatic carbocycles. The molecule has 0 radical (unpaired) electrons. The lowest BCUT2D eigenvalue weighted by molar-refractivity contribution is -0.143. The molecule has 0 aliphatic heterocycles. The van der Waals surface area contributed by atoms with E-state index in [0.29, 0.717) is 36.9 Å². The molecule has 0 bridgehead atoms. The fourth-order valence-corrected chi connectivity index (χ4v) is 7.26. The van der Waals surface area contributed by atoms with Crippen molar-refractivity contribution in [3.8, 4) is 0 Å². The van der Waals surface area contributed by atoms with Crippen LogP contribution in [0, 0.1) is 22.7 Å². The van der Waals surface area contributed by atoms with Crippen LogP contribution < -0.4 is 0 Å². The minimum atomic E-state index is -4.67. The smallest absolute Gasteiger partial charge is 0.299 e. The van der Waals surface area contributed by atoms with Gasteiger partial charge in [0.05, 0.1) is 0 Å². The highest BCUT2D eigenvalue weighted by molar-refractivity contribution is 7.80. The van der Waals surface area contributed by atoms with Crippen molar-refractivity contribution in [2.45, 2.75) is 78.2 Å². The monoisotopic (exact) mass is 422 g/mol. The molecule has 2 unspecified atom stereocenters. The maximum atomic E-state index is 13.3. The van der Waals surface area contributed by atoms with Crippen molar-refractivity contribution in [3.63, 3.8) is 0 Å². The molecule has 4 aliphatic rings. The van der Waals surface area contributed by atoms with Crippen molar-refractivity contribution < 1.29 is 26.7 Å². The van der Waals surface area contributed by atoms with Gasteiger partial charge in [0, 0.05) is 18.3 Å². The zero-order chi connectivity index (χ0) is 21.2. The predicted molar refractivity (Wildman–Crippen MR) is 107 cm³/mol. The van der Waals surface area contributed by atoms with Gasteiger partial charge in [-0.2, -0.15) is 8.42 Å². The van der Waals surface area contributed by atoms with Crippen LogP contribution in [-0.4, -0.2) is 30.6 Å². The van der Waals surface area contributed by atoms with Crippen LogP contribution in [0.2, 0.25) is 0 Å². The second-order valence-electron chi connectivity index (χ2n) is 9.72. The molecule has 4 rings (SSSR count). The standard InChI is InChI=1S/C22H30O6S/c1-13(28-29(25,26)27)20(24)22(3)11-9-19-18-6-4-14-12-15(23)5-7-16(14)17(18)8-10-21(19,22)2/h4,13,18-19H,5-12H2,1-3H3,(H,25,26,27)/t13-,18?,19?,21-,22+/m0/s1. The molecule has 0 heterocycles. The van der Waals surface area contributed by atoms with E-state index in [1.807, 2.05) is 6.92 Å². The fraction of sp³-hybridized carbons (Fsp3) is 0.727. The van der Waals surface area contributed by atoms with Crippen LogP contribution in [0.5, 0.6) is 0 Å². The van der Waals surface area contributed by atoms with Crippen LogP contribution in [-0.2, 0) is 24.2 Å². The van der Waals surface area contributed by atoms with Crippen LogP contribution in [0.25, 0.3) is 0 Å². The minimum absolute atomic E-state index is 0.244. The number of hydrogen-bond donors (Lipinski definition) is 1. The molecule has 1 N–H and O–H groups in total. The number of Topliss-reactive ketones (excluding diaryl/α,β-unsaturated/α-hetero) is 2. The lowest BCUT2D eigenvalue weighted by Crippen LogP contribution is -2.50. The summed E-state index contributed by atoms with van der Waals surface area (Å²) < 4.78 is 35.9. The van der Waals surface area contributed by atoms with Gasteiger partial charge in [-0.1, -0.05) is 25.5 Å². The number of allylic oxidation sites excluding steroid dienone is 4. The molecule has 0 saturated heterocycles. The number of fused-ring (bicyclic) bond motifs is 4. The fourth-order valence-electron chi connectivity index (χ4n) is 6.81. The van der Waals surface area contributed by atoms with Gasteiger partial charge in [0.1, 0.15) is 11.9 Å². The van der Waals surface area contributed by atoms with Gasteiger partial charge in [0.2, 0.25) is 0 Å². The molecule has 3 saturated carbocycles. The number of ketones is 2. The molecular weight excluding hydrogens is 392 g/mol. The Hall–Kier alpha value is -1.31. The van der Waals surface area contributed by atoms with Gasteiger partial charge in [-0.05, 0) is 73.8 Å². The van der Waals surface area contributed by atoms with Crippen molar-refractivity contribution in [1.82, 2.24) is 0 Å². The molecular formula is C22H30O6S.